The van der Waals surface area contributed by atoms with Crippen molar-refractivity contribution in [1.82, 2.24) is 5.32 Å². The predicted molar refractivity (Wildman–Crippen MR) is 130 cm³/mol. The average Bonchev–Trinajstić information content (AvgIpc) is 2.70. The number of aryl methyl sites for hydroxylation is 5. The number of rotatable bonds is 6. The van der Waals surface area contributed by atoms with E-state index in [0.717, 1.165) is 27.8 Å². The van der Waals surface area contributed by atoms with Gasteiger partial charge >= 0.3 is 0 Å². The van der Waals surface area contributed by atoms with Crippen LogP contribution in [-0.2, 0) is 10.0 Å². The number of amides is 1. The number of carbonyl (C=O) groups is 1. The topological polar surface area (TPSA) is 75.3 Å². The molecule has 5 nitrogen and oxygen atoms in total. The van der Waals surface area contributed by atoms with Gasteiger partial charge < -0.3 is 5.32 Å². The molecule has 6 heteroatoms. The van der Waals surface area contributed by atoms with Crippen molar-refractivity contribution in [3.63, 3.8) is 0 Å². The van der Waals surface area contributed by atoms with Crippen molar-refractivity contribution < 1.29 is 13.2 Å². The average molecular weight is 451 g/mol. The number of hydrogen-bond acceptors (Lipinski definition) is 3. The Labute approximate surface area is 190 Å². The van der Waals surface area contributed by atoms with Gasteiger partial charge in [-0.25, -0.2) is 8.42 Å². The summed E-state index contributed by atoms with van der Waals surface area (Å²) in [5.74, 6) is -0.319. The van der Waals surface area contributed by atoms with Crippen LogP contribution >= 0.6 is 0 Å². The molecule has 0 aliphatic carbocycles. The van der Waals surface area contributed by atoms with Gasteiger partial charge in [-0.15, -0.1) is 0 Å². The molecule has 0 aliphatic heterocycles. The minimum absolute atomic E-state index is 0.0882. The molecule has 2 N–H and O–H groups in total. The Morgan fingerprint density at radius 3 is 2.09 bits per heavy atom. The lowest BCUT2D eigenvalue weighted by atomic mass is 10.00. The molecule has 0 unspecified atom stereocenters. The van der Waals surface area contributed by atoms with Crippen LogP contribution in [-0.4, -0.2) is 14.3 Å². The summed E-state index contributed by atoms with van der Waals surface area (Å²) in [6.45, 7) is 11.4. The molecule has 0 spiro atoms. The molecular formula is C26H30N2O3S. The molecular weight excluding hydrogens is 420 g/mol. The summed E-state index contributed by atoms with van der Waals surface area (Å²) in [6, 6.07) is 16.2. The lowest BCUT2D eigenvalue weighted by Gasteiger charge is -2.18. The Kier molecular flexibility index (Phi) is 6.74. The van der Waals surface area contributed by atoms with Gasteiger partial charge in [0.25, 0.3) is 15.9 Å². The van der Waals surface area contributed by atoms with E-state index in [1.54, 1.807) is 25.1 Å². The van der Waals surface area contributed by atoms with Crippen LogP contribution in [0.3, 0.4) is 0 Å². The van der Waals surface area contributed by atoms with E-state index >= 15 is 0 Å². The van der Waals surface area contributed by atoms with Crippen molar-refractivity contribution in [1.29, 1.82) is 0 Å². The van der Waals surface area contributed by atoms with Crippen LogP contribution < -0.4 is 10.0 Å². The Balaban J connectivity index is 1.87. The van der Waals surface area contributed by atoms with Gasteiger partial charge in [-0.2, -0.15) is 0 Å². The smallest absolute Gasteiger partial charge is 0.262 e. The number of benzene rings is 3. The van der Waals surface area contributed by atoms with Gasteiger partial charge in [0.05, 0.1) is 16.6 Å². The minimum Gasteiger partial charge on any atom is -0.346 e. The van der Waals surface area contributed by atoms with E-state index in [9.17, 15) is 13.2 Å². The second-order valence-electron chi connectivity index (χ2n) is 8.46. The molecule has 0 saturated carbocycles. The lowest BCUT2D eigenvalue weighted by Crippen LogP contribution is -2.27. The first-order chi connectivity index (χ1) is 15.0. The van der Waals surface area contributed by atoms with Crippen LogP contribution in [0.2, 0.25) is 0 Å². The summed E-state index contributed by atoms with van der Waals surface area (Å²) in [5.41, 5.74) is 6.47. The summed E-state index contributed by atoms with van der Waals surface area (Å²) in [4.78, 5) is 13.0. The summed E-state index contributed by atoms with van der Waals surface area (Å²) < 4.78 is 28.9. The Morgan fingerprint density at radius 2 is 1.41 bits per heavy atom. The van der Waals surface area contributed by atoms with Crippen molar-refractivity contribution in [2.24, 2.45) is 0 Å². The van der Waals surface area contributed by atoms with Crippen molar-refractivity contribution in [2.75, 3.05) is 4.72 Å². The zero-order valence-corrected chi connectivity index (χ0v) is 20.2. The molecule has 0 bridgehead atoms. The first-order valence-corrected chi connectivity index (χ1v) is 12.0. The van der Waals surface area contributed by atoms with Crippen molar-refractivity contribution >= 4 is 21.6 Å². The third-order valence-corrected chi connectivity index (χ3v) is 7.12. The van der Waals surface area contributed by atoms with Crippen molar-refractivity contribution in [2.45, 2.75) is 52.5 Å². The first-order valence-electron chi connectivity index (χ1n) is 10.6. The van der Waals surface area contributed by atoms with E-state index in [1.807, 2.05) is 58.9 Å². The van der Waals surface area contributed by atoms with Gasteiger partial charge in [0.2, 0.25) is 0 Å². The Bertz CT molecular complexity index is 1280. The molecule has 0 fully saturated rings. The minimum atomic E-state index is -3.86. The first kappa shape index (κ1) is 23.5. The highest BCUT2D eigenvalue weighted by molar-refractivity contribution is 7.92. The molecule has 0 aromatic heterocycles. The maximum absolute atomic E-state index is 13.1. The number of anilines is 1. The summed E-state index contributed by atoms with van der Waals surface area (Å²) in [6.07, 6.45) is 0. The molecule has 0 heterocycles. The highest BCUT2D eigenvalue weighted by Gasteiger charge is 2.21. The molecule has 0 aliphatic rings. The molecule has 3 aromatic carbocycles. The van der Waals surface area contributed by atoms with Crippen LogP contribution in [0.4, 0.5) is 5.69 Å². The summed E-state index contributed by atoms with van der Waals surface area (Å²) in [7, 11) is -3.86. The fourth-order valence-corrected chi connectivity index (χ4v) is 5.14. The highest BCUT2D eigenvalue weighted by atomic mass is 32.2. The highest BCUT2D eigenvalue weighted by Crippen LogP contribution is 2.25. The number of nitrogens with one attached hydrogen (secondary N) is 2. The molecule has 0 saturated heterocycles. The fraction of sp³-hybridized carbons (Fsp3) is 0.269. The van der Waals surface area contributed by atoms with Gasteiger partial charge in [0.15, 0.2) is 0 Å². The number of carbonyl (C=O) groups excluding carboxylic acids is 1. The molecule has 3 aromatic rings. The van der Waals surface area contributed by atoms with E-state index in [4.69, 9.17) is 0 Å². The monoisotopic (exact) mass is 450 g/mol. The van der Waals surface area contributed by atoms with Crippen LogP contribution in [0, 0.1) is 34.6 Å². The zero-order chi connectivity index (χ0) is 23.6. The van der Waals surface area contributed by atoms with Crippen molar-refractivity contribution in [3.05, 3.63) is 93.5 Å². The Morgan fingerprint density at radius 1 is 0.781 bits per heavy atom. The van der Waals surface area contributed by atoms with E-state index in [0.29, 0.717) is 16.8 Å². The third-order valence-electron chi connectivity index (χ3n) is 5.62. The second kappa shape index (κ2) is 9.17. The molecule has 3 rings (SSSR count). The van der Waals surface area contributed by atoms with Crippen LogP contribution in [0.15, 0.2) is 59.5 Å². The van der Waals surface area contributed by atoms with E-state index < -0.39 is 10.0 Å². The summed E-state index contributed by atoms with van der Waals surface area (Å²) in [5, 5.41) is 2.98. The maximum atomic E-state index is 13.1. The van der Waals surface area contributed by atoms with Gasteiger partial charge in [0.1, 0.15) is 0 Å². The fourth-order valence-electron chi connectivity index (χ4n) is 3.75. The number of hydrogen-bond donors (Lipinski definition) is 2. The number of sulfonamides is 1. The molecule has 1 atom stereocenters. The Hall–Kier alpha value is -3.12. The van der Waals surface area contributed by atoms with Crippen molar-refractivity contribution in [3.8, 4) is 0 Å². The third kappa shape index (κ3) is 5.19. The zero-order valence-electron chi connectivity index (χ0n) is 19.4. The van der Waals surface area contributed by atoms with Gasteiger partial charge in [-0.05, 0) is 87.6 Å². The molecule has 0 radical (unpaired) electrons. The van der Waals surface area contributed by atoms with E-state index in [1.165, 1.54) is 6.07 Å². The molecule has 1 amide bonds. The van der Waals surface area contributed by atoms with E-state index in [2.05, 4.69) is 16.1 Å². The van der Waals surface area contributed by atoms with Crippen LogP contribution in [0.25, 0.3) is 0 Å². The quantitative estimate of drug-likeness (QED) is 0.519. The van der Waals surface area contributed by atoms with Gasteiger partial charge in [-0.3, -0.25) is 9.52 Å². The standard InChI is InChI=1S/C26H30N2O3S/c1-16-8-12-23(20(5)13-16)21(6)27-26(29)22-11-10-19(4)25(15-22)32(30,31)28-24-14-17(2)7-9-18(24)3/h7-15,21,28H,1-6H3,(H,27,29)/t21-/m1/s1. The molecule has 168 valence electrons. The van der Waals surface area contributed by atoms with Gasteiger partial charge in [-0.1, -0.05) is 42.0 Å². The second-order valence-corrected chi connectivity index (χ2v) is 10.1. The van der Waals surface area contributed by atoms with Crippen LogP contribution in [0.5, 0.6) is 0 Å². The van der Waals surface area contributed by atoms with E-state index in [-0.39, 0.29) is 16.8 Å². The van der Waals surface area contributed by atoms with Gasteiger partial charge in [0, 0.05) is 5.56 Å². The maximum Gasteiger partial charge on any atom is 0.262 e. The SMILES string of the molecule is Cc1ccc([C@@H](C)NC(=O)c2ccc(C)c(S(=O)(=O)Nc3cc(C)ccc3C)c2)c(C)c1. The normalized spacial score (nSPS) is 12.3. The molecule has 32 heavy (non-hydrogen) atoms. The predicted octanol–water partition coefficient (Wildman–Crippen LogP) is 5.52. The summed E-state index contributed by atoms with van der Waals surface area (Å²) >= 11 is 0. The lowest BCUT2D eigenvalue weighted by molar-refractivity contribution is 0.0939. The largest absolute Gasteiger partial charge is 0.346 e. The van der Waals surface area contributed by atoms with Crippen LogP contribution in [0.1, 0.15) is 56.7 Å².